The van der Waals surface area contributed by atoms with E-state index in [1.807, 2.05) is 0 Å². The number of para-hydroxylation sites is 1. The van der Waals surface area contributed by atoms with Crippen molar-refractivity contribution < 1.29 is 0 Å². The smallest absolute Gasteiger partial charge is 0.0511 e. The van der Waals surface area contributed by atoms with Gasteiger partial charge in [-0.1, -0.05) is 62.4 Å². The van der Waals surface area contributed by atoms with Crippen LogP contribution in [0.1, 0.15) is 43.0 Å². The minimum absolute atomic E-state index is 0.382. The zero-order valence-electron chi connectivity index (χ0n) is 12.1. The Hall–Kier alpha value is -1.76. The number of hydrogen-bond acceptors (Lipinski definition) is 1. The van der Waals surface area contributed by atoms with Crippen LogP contribution in [0.25, 0.3) is 0 Å². The number of nitrogens with one attached hydrogen (secondary N) is 1. The number of anilines is 1. The van der Waals surface area contributed by atoms with Crippen LogP contribution in [0.5, 0.6) is 0 Å². The molecule has 0 amide bonds. The molecule has 0 aliphatic carbocycles. The molecule has 2 aromatic rings. The summed E-state index contributed by atoms with van der Waals surface area (Å²) in [5, 5.41) is 3.73. The van der Waals surface area contributed by atoms with Crippen molar-refractivity contribution in [3.05, 3.63) is 65.2 Å². The van der Waals surface area contributed by atoms with Crippen LogP contribution in [0.4, 0.5) is 5.69 Å². The van der Waals surface area contributed by atoms with Gasteiger partial charge in [-0.05, 0) is 36.5 Å². The topological polar surface area (TPSA) is 12.0 Å². The van der Waals surface area contributed by atoms with Gasteiger partial charge in [-0.15, -0.1) is 0 Å². The largest absolute Gasteiger partial charge is 0.378 e. The summed E-state index contributed by atoms with van der Waals surface area (Å²) in [6.07, 6.45) is 2.15. The Kier molecular flexibility index (Phi) is 4.62. The second-order valence-electron chi connectivity index (χ2n) is 4.98. The maximum atomic E-state index is 3.73. The Balaban J connectivity index is 2.29. The lowest BCUT2D eigenvalue weighted by Gasteiger charge is -2.22. The van der Waals surface area contributed by atoms with Gasteiger partial charge >= 0.3 is 0 Å². The summed E-state index contributed by atoms with van der Waals surface area (Å²) in [6.45, 7) is 6.62. The molecule has 1 heteroatoms. The average molecular weight is 253 g/mol. The molecule has 1 atom stereocenters. The highest BCUT2D eigenvalue weighted by Crippen LogP contribution is 2.28. The van der Waals surface area contributed by atoms with E-state index in [4.69, 9.17) is 0 Å². The second kappa shape index (κ2) is 6.42. The molecule has 1 N–H and O–H groups in total. The predicted molar refractivity (Wildman–Crippen MR) is 83.7 cm³/mol. The highest BCUT2D eigenvalue weighted by Gasteiger charge is 2.11. The Labute approximate surface area is 116 Å². The number of rotatable bonds is 5. The van der Waals surface area contributed by atoms with Crippen LogP contribution in [0.3, 0.4) is 0 Å². The summed E-state index contributed by atoms with van der Waals surface area (Å²) >= 11 is 0. The van der Waals surface area contributed by atoms with Crippen molar-refractivity contribution >= 4 is 5.69 Å². The fraction of sp³-hybridized carbons (Fsp3) is 0.333. The zero-order chi connectivity index (χ0) is 13.7. The average Bonchev–Trinajstić information content (AvgIpc) is 2.46. The van der Waals surface area contributed by atoms with E-state index in [0.29, 0.717) is 6.04 Å². The second-order valence-corrected chi connectivity index (χ2v) is 4.98. The molecule has 0 aliphatic heterocycles. The summed E-state index contributed by atoms with van der Waals surface area (Å²) in [6, 6.07) is 17.6. The van der Waals surface area contributed by atoms with Crippen LogP contribution < -0.4 is 5.32 Å². The van der Waals surface area contributed by atoms with Crippen LogP contribution in [0, 0.1) is 6.92 Å². The van der Waals surface area contributed by atoms with Crippen LogP contribution >= 0.6 is 0 Å². The normalized spacial score (nSPS) is 12.2. The van der Waals surface area contributed by atoms with E-state index in [1.165, 1.54) is 22.4 Å². The first-order valence-electron chi connectivity index (χ1n) is 7.16. The van der Waals surface area contributed by atoms with Gasteiger partial charge in [0.2, 0.25) is 0 Å². The summed E-state index contributed by atoms with van der Waals surface area (Å²) in [5.41, 5.74) is 5.39. The van der Waals surface area contributed by atoms with Gasteiger partial charge in [-0.3, -0.25) is 0 Å². The summed E-state index contributed by atoms with van der Waals surface area (Å²) in [5.74, 6) is 0. The van der Waals surface area contributed by atoms with Gasteiger partial charge < -0.3 is 5.32 Å². The van der Waals surface area contributed by atoms with Gasteiger partial charge in [0.1, 0.15) is 0 Å². The number of aryl methyl sites for hydroxylation is 2. The molecule has 0 spiro atoms. The molecule has 1 nitrogen and oxygen atoms in total. The quantitative estimate of drug-likeness (QED) is 0.779. The molecule has 2 aromatic carbocycles. The molecule has 0 saturated heterocycles. The van der Waals surface area contributed by atoms with Gasteiger partial charge in [0, 0.05) is 5.69 Å². The lowest BCUT2D eigenvalue weighted by atomic mass is 10.0. The number of hydrogen-bond donors (Lipinski definition) is 1. The molecule has 0 aromatic heterocycles. The highest BCUT2D eigenvalue weighted by molar-refractivity contribution is 5.58. The lowest BCUT2D eigenvalue weighted by Crippen LogP contribution is -2.12. The van der Waals surface area contributed by atoms with Gasteiger partial charge in [-0.2, -0.15) is 0 Å². The van der Waals surface area contributed by atoms with Crippen molar-refractivity contribution in [2.45, 2.75) is 39.7 Å². The number of benzene rings is 2. The van der Waals surface area contributed by atoms with E-state index >= 15 is 0 Å². The van der Waals surface area contributed by atoms with Crippen molar-refractivity contribution in [2.75, 3.05) is 5.32 Å². The van der Waals surface area contributed by atoms with Gasteiger partial charge in [0.15, 0.2) is 0 Å². The minimum Gasteiger partial charge on any atom is -0.378 e. The Morgan fingerprint density at radius 1 is 0.947 bits per heavy atom. The molecule has 0 fully saturated rings. The monoisotopic (exact) mass is 253 g/mol. The minimum atomic E-state index is 0.382. The molecule has 100 valence electrons. The zero-order valence-corrected chi connectivity index (χ0v) is 12.1. The fourth-order valence-corrected chi connectivity index (χ4v) is 2.51. The standard InChI is InChI=1S/C18H23N/c1-4-15-13-9-10-14(3)18(15)19-17(5-2)16-11-7-6-8-12-16/h6-13,17,19H,4-5H2,1-3H3. The molecule has 0 aliphatic rings. The molecule has 1 unspecified atom stereocenters. The third kappa shape index (κ3) is 3.17. The third-order valence-corrected chi connectivity index (χ3v) is 3.67. The van der Waals surface area contributed by atoms with Crippen LogP contribution in [-0.4, -0.2) is 0 Å². The van der Waals surface area contributed by atoms with Crippen molar-refractivity contribution in [1.82, 2.24) is 0 Å². The highest BCUT2D eigenvalue weighted by atomic mass is 14.9. The molecule has 2 rings (SSSR count). The van der Waals surface area contributed by atoms with Gasteiger partial charge in [0.25, 0.3) is 0 Å². The van der Waals surface area contributed by atoms with Crippen molar-refractivity contribution in [1.29, 1.82) is 0 Å². The fourth-order valence-electron chi connectivity index (χ4n) is 2.51. The Morgan fingerprint density at radius 3 is 2.32 bits per heavy atom. The predicted octanol–water partition coefficient (Wildman–Crippen LogP) is 5.12. The molecule has 19 heavy (non-hydrogen) atoms. The molecular weight excluding hydrogens is 230 g/mol. The molecule has 0 saturated carbocycles. The maximum absolute atomic E-state index is 3.73. The van der Waals surface area contributed by atoms with Crippen molar-refractivity contribution in [2.24, 2.45) is 0 Å². The lowest BCUT2D eigenvalue weighted by molar-refractivity contribution is 0.746. The molecule has 0 heterocycles. The van der Waals surface area contributed by atoms with Crippen LogP contribution in [0.2, 0.25) is 0 Å². The molecule has 0 radical (unpaired) electrons. The Bertz CT molecular complexity index is 516. The van der Waals surface area contributed by atoms with E-state index in [0.717, 1.165) is 12.8 Å². The first-order chi connectivity index (χ1) is 9.26. The van der Waals surface area contributed by atoms with Crippen molar-refractivity contribution in [3.63, 3.8) is 0 Å². The summed E-state index contributed by atoms with van der Waals surface area (Å²) in [4.78, 5) is 0. The Morgan fingerprint density at radius 2 is 1.68 bits per heavy atom. The van der Waals surface area contributed by atoms with Gasteiger partial charge in [0.05, 0.1) is 6.04 Å². The van der Waals surface area contributed by atoms with Crippen molar-refractivity contribution in [3.8, 4) is 0 Å². The maximum Gasteiger partial charge on any atom is 0.0511 e. The third-order valence-electron chi connectivity index (χ3n) is 3.67. The van der Waals surface area contributed by atoms with Crippen LogP contribution in [0.15, 0.2) is 48.5 Å². The van der Waals surface area contributed by atoms with E-state index in [1.54, 1.807) is 0 Å². The van der Waals surface area contributed by atoms with Crippen LogP contribution in [-0.2, 0) is 6.42 Å². The molecule has 0 bridgehead atoms. The first-order valence-corrected chi connectivity index (χ1v) is 7.16. The van der Waals surface area contributed by atoms with E-state index < -0.39 is 0 Å². The van der Waals surface area contributed by atoms with E-state index in [-0.39, 0.29) is 0 Å². The summed E-state index contributed by atoms with van der Waals surface area (Å²) < 4.78 is 0. The van der Waals surface area contributed by atoms with Gasteiger partial charge in [-0.25, -0.2) is 0 Å². The molecular formula is C18H23N. The van der Waals surface area contributed by atoms with E-state index in [9.17, 15) is 0 Å². The summed E-state index contributed by atoms with van der Waals surface area (Å²) in [7, 11) is 0. The van der Waals surface area contributed by atoms with E-state index in [2.05, 4.69) is 74.6 Å². The SMILES string of the molecule is CCc1cccc(C)c1NC(CC)c1ccccc1. The first kappa shape index (κ1) is 13.7.